The zero-order valence-electron chi connectivity index (χ0n) is 41.6. The van der Waals surface area contributed by atoms with Crippen molar-refractivity contribution in [2.45, 2.75) is 146 Å². The number of carbonyl (C=O) groups is 12. The molecule has 0 aliphatic carbocycles. The lowest BCUT2D eigenvalue weighted by Crippen LogP contribution is -2.61. The molecule has 0 bridgehead atoms. The van der Waals surface area contributed by atoms with Gasteiger partial charge in [-0.15, -0.1) is 0 Å². The molecule has 1 aromatic rings. The van der Waals surface area contributed by atoms with Gasteiger partial charge in [-0.1, -0.05) is 32.4 Å². The number of rotatable bonds is 37. The lowest BCUT2D eigenvalue weighted by atomic mass is 9.97. The number of primary amides is 1. The summed E-state index contributed by atoms with van der Waals surface area (Å²) < 4.78 is 0. The SMILES string of the molecule is CCC(C)C(NC(=O)C(CC(=O)O)NC(=O)C(CCC(=O)O)NC(=O)C(CCCN=C(N)N)NC(=O)C(CC(N)=O)NC(=O)C(CCC(=O)O)NC(=O)C(N)Cc1ccc(O)cc1)C(=O)NC(CCCCN)C(=O)O. The Morgan fingerprint density at radius 1 is 0.547 bits per heavy atom. The van der Waals surface area contributed by atoms with E-state index in [4.69, 9.17) is 28.7 Å². The monoisotopic (exact) mass is 1070 g/mol. The Bertz CT molecular complexity index is 2190. The highest BCUT2D eigenvalue weighted by Crippen LogP contribution is 2.14. The van der Waals surface area contributed by atoms with Gasteiger partial charge in [0.1, 0.15) is 48.0 Å². The Hall–Kier alpha value is -8.15. The average Bonchev–Trinajstić information content (AvgIpc) is 3.32. The third kappa shape index (κ3) is 25.9. The van der Waals surface area contributed by atoms with Crippen molar-refractivity contribution in [1.29, 1.82) is 0 Å². The van der Waals surface area contributed by atoms with Crippen LogP contribution in [0.15, 0.2) is 29.3 Å². The first kappa shape index (κ1) is 64.9. The average molecular weight is 1070 g/mol. The number of hydrogen-bond acceptors (Lipinski definition) is 16. The molecule has 0 spiro atoms. The molecule has 0 saturated heterocycles. The smallest absolute Gasteiger partial charge is 0.326 e. The molecule has 418 valence electrons. The zero-order valence-corrected chi connectivity index (χ0v) is 41.6. The number of aromatic hydroxyl groups is 1. The van der Waals surface area contributed by atoms with Gasteiger partial charge in [0, 0.05) is 19.4 Å². The van der Waals surface area contributed by atoms with Crippen LogP contribution in [0, 0.1) is 5.92 Å². The number of hydrogen-bond donors (Lipinski definition) is 17. The molecule has 30 heteroatoms. The fourth-order valence-corrected chi connectivity index (χ4v) is 6.95. The summed E-state index contributed by atoms with van der Waals surface area (Å²) in [5, 5.41) is 63.8. The maximum Gasteiger partial charge on any atom is 0.326 e. The molecule has 0 aliphatic heterocycles. The standard InChI is InChI=1S/C45H71N13O17/c1-3-22(2)36(43(73)55-29(44(74)75)7-4-5-17-46)58-42(72)31(21-35(65)66)57-40(70)28(14-16-34(63)64)54-38(68)26(8-6-18-51-45(49)50)53-41(71)30(20-32(48)60)56-39(69)27(13-15-33(61)62)52-37(67)25(47)19-23-9-11-24(59)12-10-23/h9-12,22,25-31,36,59H,3-8,13-21,46-47H2,1-2H3,(H2,48,60)(H,52,67)(H,53,71)(H,54,68)(H,55,73)(H,56,69)(H,57,70)(H,58,72)(H,61,62)(H,63,64)(H,65,66)(H,74,75)(H4,49,50,51). The molecule has 0 fully saturated rings. The predicted molar refractivity (Wildman–Crippen MR) is 263 cm³/mol. The Labute approximate surface area is 430 Å². The number of carboxylic acid groups (broad SMARTS) is 4. The summed E-state index contributed by atoms with van der Waals surface area (Å²) in [5.41, 5.74) is 28.3. The van der Waals surface area contributed by atoms with E-state index < -0.39 is 164 Å². The van der Waals surface area contributed by atoms with Gasteiger partial charge in [0.2, 0.25) is 47.3 Å². The van der Waals surface area contributed by atoms with E-state index in [0.29, 0.717) is 18.4 Å². The number of carbonyl (C=O) groups excluding carboxylic acids is 8. The van der Waals surface area contributed by atoms with E-state index in [1.165, 1.54) is 31.2 Å². The molecule has 30 nitrogen and oxygen atoms in total. The first-order valence-electron chi connectivity index (χ1n) is 23.8. The number of phenolic OH excluding ortho intramolecular Hbond substituents is 1. The van der Waals surface area contributed by atoms with E-state index in [0.717, 1.165) is 0 Å². The topological polar surface area (TPSA) is 533 Å². The first-order chi connectivity index (χ1) is 35.2. The highest BCUT2D eigenvalue weighted by molar-refractivity contribution is 5.99. The fourth-order valence-electron chi connectivity index (χ4n) is 6.95. The number of nitrogens with two attached hydrogens (primary N) is 5. The maximum absolute atomic E-state index is 14.1. The summed E-state index contributed by atoms with van der Waals surface area (Å²) in [6, 6.07) is -7.75. The molecule has 1 rings (SSSR count). The fraction of sp³-hybridized carbons (Fsp3) is 0.578. The second-order valence-electron chi connectivity index (χ2n) is 17.4. The lowest BCUT2D eigenvalue weighted by molar-refractivity contribution is -0.144. The second-order valence-corrected chi connectivity index (χ2v) is 17.4. The van der Waals surface area contributed by atoms with Crippen molar-refractivity contribution >= 4 is 77.1 Å². The molecule has 0 heterocycles. The number of nitrogens with zero attached hydrogens (tertiary/aromatic N) is 1. The van der Waals surface area contributed by atoms with Crippen LogP contribution >= 0.6 is 0 Å². The Morgan fingerprint density at radius 3 is 1.44 bits per heavy atom. The summed E-state index contributed by atoms with van der Waals surface area (Å²) in [4.78, 5) is 159. The third-order valence-electron chi connectivity index (χ3n) is 11.3. The molecule has 22 N–H and O–H groups in total. The Kier molecular flexibility index (Phi) is 29.0. The highest BCUT2D eigenvalue weighted by atomic mass is 16.4. The minimum Gasteiger partial charge on any atom is -0.508 e. The molecular weight excluding hydrogens is 995 g/mol. The lowest BCUT2D eigenvalue weighted by Gasteiger charge is -2.28. The van der Waals surface area contributed by atoms with Gasteiger partial charge >= 0.3 is 23.9 Å². The minimum atomic E-state index is -1.99. The van der Waals surface area contributed by atoms with Gasteiger partial charge < -0.3 is 91.4 Å². The van der Waals surface area contributed by atoms with Crippen LogP contribution in [0.4, 0.5) is 0 Å². The van der Waals surface area contributed by atoms with Crippen molar-refractivity contribution in [3.8, 4) is 5.75 Å². The number of aliphatic imine (C=N–C) groups is 1. The predicted octanol–water partition coefficient (Wildman–Crippen LogP) is -4.95. The van der Waals surface area contributed by atoms with E-state index in [2.05, 4.69) is 42.2 Å². The molecule has 75 heavy (non-hydrogen) atoms. The van der Waals surface area contributed by atoms with E-state index in [1.54, 1.807) is 6.92 Å². The molecular formula is C45H71N13O17. The van der Waals surface area contributed by atoms with Crippen LogP contribution in [0.1, 0.15) is 96.5 Å². The van der Waals surface area contributed by atoms with E-state index >= 15 is 0 Å². The van der Waals surface area contributed by atoms with Crippen LogP contribution < -0.4 is 65.9 Å². The molecule has 1 aromatic carbocycles. The van der Waals surface area contributed by atoms with Crippen molar-refractivity contribution in [3.63, 3.8) is 0 Å². The number of carboxylic acids is 4. The summed E-state index contributed by atoms with van der Waals surface area (Å²) in [6.45, 7) is 3.28. The summed E-state index contributed by atoms with van der Waals surface area (Å²) >= 11 is 0. The van der Waals surface area contributed by atoms with Crippen molar-refractivity contribution in [2.75, 3.05) is 13.1 Å². The molecule has 0 radical (unpaired) electrons. The van der Waals surface area contributed by atoms with Crippen molar-refractivity contribution in [1.82, 2.24) is 37.2 Å². The Balaban J connectivity index is 3.55. The third-order valence-corrected chi connectivity index (χ3v) is 11.3. The summed E-state index contributed by atoms with van der Waals surface area (Å²) in [5.74, 6) is -16.3. The summed E-state index contributed by atoms with van der Waals surface area (Å²) in [6.07, 6.45) is -4.34. The number of phenols is 1. The molecule has 8 amide bonds. The van der Waals surface area contributed by atoms with Crippen LogP contribution in [-0.2, 0) is 64.0 Å². The van der Waals surface area contributed by atoms with Gasteiger partial charge in [0.15, 0.2) is 5.96 Å². The van der Waals surface area contributed by atoms with Gasteiger partial charge in [0.25, 0.3) is 0 Å². The number of nitrogens with one attached hydrogen (secondary N) is 7. The number of unbranched alkanes of at least 4 members (excludes halogenated alkanes) is 1. The molecule has 9 unspecified atom stereocenters. The van der Waals surface area contributed by atoms with Gasteiger partial charge in [-0.3, -0.25) is 57.7 Å². The first-order valence-corrected chi connectivity index (χ1v) is 23.8. The van der Waals surface area contributed by atoms with Crippen LogP contribution in [0.2, 0.25) is 0 Å². The number of amides is 8. The second kappa shape index (κ2) is 33.6. The maximum atomic E-state index is 14.1. The van der Waals surface area contributed by atoms with Gasteiger partial charge in [-0.2, -0.15) is 0 Å². The number of aliphatic carboxylic acids is 4. The molecule has 9 atom stereocenters. The van der Waals surface area contributed by atoms with Crippen LogP contribution in [0.5, 0.6) is 5.75 Å². The van der Waals surface area contributed by atoms with Crippen molar-refractivity contribution in [3.05, 3.63) is 29.8 Å². The van der Waals surface area contributed by atoms with Gasteiger partial charge in [0.05, 0.1) is 18.9 Å². The van der Waals surface area contributed by atoms with E-state index in [9.17, 15) is 83.1 Å². The molecule has 0 aliphatic rings. The highest BCUT2D eigenvalue weighted by Gasteiger charge is 2.36. The van der Waals surface area contributed by atoms with Gasteiger partial charge in [-0.25, -0.2) is 4.79 Å². The Morgan fingerprint density at radius 2 is 0.987 bits per heavy atom. The minimum absolute atomic E-state index is 0.00933. The quantitative estimate of drug-likeness (QED) is 0.0169. The molecule has 0 aromatic heterocycles. The van der Waals surface area contributed by atoms with Crippen molar-refractivity contribution in [2.24, 2.45) is 39.6 Å². The largest absolute Gasteiger partial charge is 0.508 e. The van der Waals surface area contributed by atoms with Crippen LogP contribution in [-0.4, -0.2) is 164 Å². The van der Waals surface area contributed by atoms with E-state index in [1.807, 2.05) is 0 Å². The normalized spacial score (nSPS) is 14.5. The number of benzene rings is 1. The number of guanidine groups is 1. The van der Waals surface area contributed by atoms with Gasteiger partial charge in [-0.05, 0) is 81.5 Å². The van der Waals surface area contributed by atoms with Crippen LogP contribution in [0.25, 0.3) is 0 Å². The zero-order chi connectivity index (χ0) is 56.9. The van der Waals surface area contributed by atoms with Crippen LogP contribution in [0.3, 0.4) is 0 Å². The van der Waals surface area contributed by atoms with Crippen molar-refractivity contribution < 1.29 is 83.1 Å². The summed E-state index contributed by atoms with van der Waals surface area (Å²) in [7, 11) is 0. The molecule has 0 saturated carbocycles. The van der Waals surface area contributed by atoms with E-state index in [-0.39, 0.29) is 56.9 Å².